The maximum atomic E-state index is 13.4. The molecule has 0 spiro atoms. The Balaban J connectivity index is 1.64. The van der Waals surface area contributed by atoms with Gasteiger partial charge in [-0.25, -0.2) is 9.78 Å². The summed E-state index contributed by atoms with van der Waals surface area (Å²) in [6.07, 6.45) is 4.81. The number of benzene rings is 2. The minimum absolute atomic E-state index is 0.0643. The molecule has 4 aromatic rings. The van der Waals surface area contributed by atoms with Crippen LogP contribution in [-0.4, -0.2) is 64.7 Å². The van der Waals surface area contributed by atoms with E-state index in [9.17, 15) is 4.79 Å². The van der Waals surface area contributed by atoms with Gasteiger partial charge in [0.15, 0.2) is 11.8 Å². The Labute approximate surface area is 300 Å². The van der Waals surface area contributed by atoms with Crippen LogP contribution in [0, 0.1) is 6.92 Å². The number of carbonyl (C=O) groups is 1. The van der Waals surface area contributed by atoms with Gasteiger partial charge in [0.1, 0.15) is 11.6 Å². The number of carbonyl (C=O) groups excluding carboxylic acids is 1. The number of piperidine rings is 1. The molecule has 2 aromatic heterocycles. The summed E-state index contributed by atoms with van der Waals surface area (Å²) in [4.78, 5) is 20.6. The Morgan fingerprint density at radius 1 is 1.08 bits per heavy atom. The molecule has 2 atom stereocenters. The lowest BCUT2D eigenvalue weighted by atomic mass is 9.92. The molecule has 0 radical (unpaired) electrons. The van der Waals surface area contributed by atoms with Crippen molar-refractivity contribution in [3.05, 3.63) is 90.1 Å². The summed E-state index contributed by atoms with van der Waals surface area (Å²) >= 11 is 6.39. The highest BCUT2D eigenvalue weighted by molar-refractivity contribution is 6.30. The van der Waals surface area contributed by atoms with Crippen LogP contribution in [0.5, 0.6) is 5.75 Å². The van der Waals surface area contributed by atoms with Crippen LogP contribution in [0.3, 0.4) is 0 Å². The molecular formula is C40H49ClN4O5. The summed E-state index contributed by atoms with van der Waals surface area (Å²) in [6.45, 7) is 21.3. The maximum Gasteiger partial charge on any atom is 0.339 e. The summed E-state index contributed by atoms with van der Waals surface area (Å²) in [5.41, 5.74) is 4.54. The van der Waals surface area contributed by atoms with E-state index in [-0.39, 0.29) is 11.7 Å². The number of fused-ring (bicyclic) bond motifs is 1. The molecule has 1 aliphatic heterocycles. The Bertz CT molecular complexity index is 1850. The number of aryl methyl sites for hydroxylation is 1. The van der Waals surface area contributed by atoms with Crippen LogP contribution in [0.1, 0.15) is 71.2 Å². The number of esters is 1. The van der Waals surface area contributed by atoms with Crippen molar-refractivity contribution in [1.82, 2.24) is 14.6 Å². The third-order valence-corrected chi connectivity index (χ3v) is 9.10. The van der Waals surface area contributed by atoms with Gasteiger partial charge >= 0.3 is 5.97 Å². The SMILES string of the molecule is C=CCOC1(C)CCN(c2c([C@H](OC(C)(C)C)C(=O)OC)c(C)nc3cc(-c4cccc(-c5ccc(Cl)cc5O[C@@H](C)CC=C)c4)nn23)CC1. The highest BCUT2D eigenvalue weighted by Crippen LogP contribution is 2.40. The van der Waals surface area contributed by atoms with Crippen LogP contribution < -0.4 is 9.64 Å². The fourth-order valence-corrected chi connectivity index (χ4v) is 6.49. The molecule has 1 aliphatic rings. The lowest BCUT2D eigenvalue weighted by Crippen LogP contribution is -2.45. The highest BCUT2D eigenvalue weighted by Gasteiger charge is 2.38. The standard InChI is InChI=1S/C40H49ClN4O5/c1-10-13-26(3)49-33-24-30(41)16-17-31(33)28-14-12-15-29(23-28)32-25-34-42-27(4)35(36(38(46)47-9)50-39(5,6)7)37(45(34)43-32)44-20-18-40(8,19-21-44)48-22-11-2/h10-12,14-17,23-26,36H,1-2,13,18-22H2,3-9H3/t26-,36-/m0/s1. The first kappa shape index (κ1) is 37.1. The Morgan fingerprint density at radius 3 is 2.46 bits per heavy atom. The average molecular weight is 701 g/mol. The molecule has 2 aromatic carbocycles. The number of halogens is 1. The van der Waals surface area contributed by atoms with Crippen molar-refractivity contribution in [1.29, 1.82) is 0 Å². The molecule has 0 amide bonds. The van der Waals surface area contributed by atoms with E-state index in [0.717, 1.165) is 41.0 Å². The molecular weight excluding hydrogens is 652 g/mol. The number of rotatable bonds is 13. The largest absolute Gasteiger partial charge is 0.490 e. The molecule has 0 unspecified atom stereocenters. The van der Waals surface area contributed by atoms with Gasteiger partial charge in [-0.3, -0.25) is 0 Å². The third kappa shape index (κ3) is 8.40. The van der Waals surface area contributed by atoms with Gasteiger partial charge in [0.05, 0.1) is 42.3 Å². The zero-order valence-electron chi connectivity index (χ0n) is 30.3. The normalized spacial score (nSPS) is 15.8. The second kappa shape index (κ2) is 15.4. The first-order chi connectivity index (χ1) is 23.8. The average Bonchev–Trinajstić information content (AvgIpc) is 3.49. The van der Waals surface area contributed by atoms with Crippen LogP contribution in [0.15, 0.2) is 73.8 Å². The quantitative estimate of drug-likeness (QED) is 0.101. The van der Waals surface area contributed by atoms with E-state index in [0.29, 0.717) is 53.8 Å². The summed E-state index contributed by atoms with van der Waals surface area (Å²) < 4.78 is 26.0. The van der Waals surface area contributed by atoms with Crippen molar-refractivity contribution in [2.45, 2.75) is 84.2 Å². The number of hydrogen-bond donors (Lipinski definition) is 0. The van der Waals surface area contributed by atoms with Crippen LogP contribution in [0.2, 0.25) is 5.02 Å². The monoisotopic (exact) mass is 700 g/mol. The van der Waals surface area contributed by atoms with Crippen molar-refractivity contribution in [2.75, 3.05) is 31.7 Å². The second-order valence-electron chi connectivity index (χ2n) is 14.1. The van der Waals surface area contributed by atoms with E-state index in [1.54, 1.807) is 6.08 Å². The van der Waals surface area contributed by atoms with E-state index in [1.165, 1.54) is 7.11 Å². The second-order valence-corrected chi connectivity index (χ2v) is 14.5. The number of hydrogen-bond acceptors (Lipinski definition) is 8. The van der Waals surface area contributed by atoms with Gasteiger partial charge in [-0.1, -0.05) is 42.0 Å². The van der Waals surface area contributed by atoms with Gasteiger partial charge in [0, 0.05) is 47.4 Å². The molecule has 266 valence electrons. The number of methoxy groups -OCH3 is 1. The summed E-state index contributed by atoms with van der Waals surface area (Å²) in [6, 6.07) is 15.8. The summed E-state index contributed by atoms with van der Waals surface area (Å²) in [7, 11) is 1.38. The van der Waals surface area contributed by atoms with Crippen LogP contribution in [-0.2, 0) is 19.0 Å². The van der Waals surface area contributed by atoms with Crippen LogP contribution in [0.4, 0.5) is 5.82 Å². The van der Waals surface area contributed by atoms with E-state index in [2.05, 4.69) is 31.0 Å². The molecule has 5 rings (SSSR count). The fourth-order valence-electron chi connectivity index (χ4n) is 6.33. The van der Waals surface area contributed by atoms with Crippen LogP contribution >= 0.6 is 11.6 Å². The van der Waals surface area contributed by atoms with Crippen molar-refractivity contribution in [2.24, 2.45) is 0 Å². The number of aromatic nitrogens is 3. The van der Waals surface area contributed by atoms with E-state index >= 15 is 0 Å². The van der Waals surface area contributed by atoms with Gasteiger partial charge < -0.3 is 23.8 Å². The number of anilines is 1. The van der Waals surface area contributed by atoms with Crippen molar-refractivity contribution in [3.8, 4) is 28.1 Å². The molecule has 3 heterocycles. The molecule has 50 heavy (non-hydrogen) atoms. The molecule has 1 fully saturated rings. The van der Waals surface area contributed by atoms with E-state index < -0.39 is 17.7 Å². The fraction of sp³-hybridized carbons (Fsp3) is 0.425. The maximum absolute atomic E-state index is 13.4. The van der Waals surface area contributed by atoms with Gasteiger partial charge in [0.25, 0.3) is 0 Å². The first-order valence-electron chi connectivity index (χ1n) is 17.1. The molecule has 1 saturated heterocycles. The number of ether oxygens (including phenoxy) is 4. The third-order valence-electron chi connectivity index (χ3n) is 8.86. The Kier molecular flexibility index (Phi) is 11.4. The van der Waals surface area contributed by atoms with Crippen LogP contribution in [0.25, 0.3) is 28.0 Å². The van der Waals surface area contributed by atoms with Gasteiger partial charge in [-0.15, -0.1) is 13.2 Å². The van der Waals surface area contributed by atoms with Crippen molar-refractivity contribution in [3.63, 3.8) is 0 Å². The van der Waals surface area contributed by atoms with Crippen molar-refractivity contribution < 1.29 is 23.7 Å². The predicted molar refractivity (Wildman–Crippen MR) is 200 cm³/mol. The van der Waals surface area contributed by atoms with Gasteiger partial charge in [0.2, 0.25) is 0 Å². The number of nitrogens with zero attached hydrogens (tertiary/aromatic N) is 4. The van der Waals surface area contributed by atoms with Gasteiger partial charge in [-0.2, -0.15) is 9.61 Å². The molecule has 0 N–H and O–H groups in total. The highest BCUT2D eigenvalue weighted by atomic mass is 35.5. The molecule has 0 saturated carbocycles. The minimum atomic E-state index is -1.01. The predicted octanol–water partition coefficient (Wildman–Crippen LogP) is 8.96. The Hall–Kier alpha value is -4.18. The smallest absolute Gasteiger partial charge is 0.339 e. The molecule has 0 aliphatic carbocycles. The van der Waals surface area contributed by atoms with E-state index in [1.807, 2.05) is 87.7 Å². The molecule has 10 heteroatoms. The molecule has 9 nitrogen and oxygen atoms in total. The van der Waals surface area contributed by atoms with E-state index in [4.69, 9.17) is 40.6 Å². The Morgan fingerprint density at radius 2 is 1.80 bits per heavy atom. The van der Waals surface area contributed by atoms with Crippen molar-refractivity contribution >= 4 is 29.0 Å². The lowest BCUT2D eigenvalue weighted by molar-refractivity contribution is -0.164. The zero-order valence-corrected chi connectivity index (χ0v) is 31.0. The molecule has 0 bridgehead atoms. The minimum Gasteiger partial charge on any atom is -0.490 e. The summed E-state index contributed by atoms with van der Waals surface area (Å²) in [5.74, 6) is 0.958. The lowest BCUT2D eigenvalue weighted by Gasteiger charge is -2.41. The first-order valence-corrected chi connectivity index (χ1v) is 17.5. The summed E-state index contributed by atoms with van der Waals surface area (Å²) in [5, 5.41) is 5.75. The zero-order chi connectivity index (χ0) is 36.2. The van der Waals surface area contributed by atoms with Gasteiger partial charge in [-0.05, 0) is 84.2 Å². The topological polar surface area (TPSA) is 87.4 Å².